The molecule has 3 aliphatic carbocycles. The van der Waals surface area contributed by atoms with Gasteiger partial charge in [-0.3, -0.25) is 0 Å². The third-order valence-electron chi connectivity index (χ3n) is 5.71. The van der Waals surface area contributed by atoms with Gasteiger partial charge >= 0.3 is 0 Å². The lowest BCUT2D eigenvalue weighted by Crippen LogP contribution is -2.51. The van der Waals surface area contributed by atoms with E-state index < -0.39 is 0 Å². The third kappa shape index (κ3) is 1.49. The molecular weight excluding hydrogens is 205 g/mol. The fraction of sp³-hybridized carbons (Fsp3) is 0.733. The molecule has 0 aromatic carbocycles. The SMILES string of the molecule is CC1=C2C[C@H]3C[C@@H](C2=CB(N(C)C)C1)C3(C)C. The monoisotopic (exact) mass is 229 g/mol. The van der Waals surface area contributed by atoms with Gasteiger partial charge in [0.15, 0.2) is 0 Å². The zero-order chi connectivity index (χ0) is 12.4. The predicted octanol–water partition coefficient (Wildman–Crippen LogP) is 3.40. The van der Waals surface area contributed by atoms with E-state index in [0.717, 1.165) is 11.8 Å². The smallest absolute Gasteiger partial charge is 0.254 e. The quantitative estimate of drug-likeness (QED) is 0.623. The minimum Gasteiger partial charge on any atom is -0.344 e. The van der Waals surface area contributed by atoms with Crippen LogP contribution >= 0.6 is 0 Å². The second-order valence-electron chi connectivity index (χ2n) is 7.13. The van der Waals surface area contributed by atoms with Crippen molar-refractivity contribution in [1.82, 2.24) is 4.81 Å². The molecule has 0 saturated heterocycles. The molecule has 0 N–H and O–H groups in total. The van der Waals surface area contributed by atoms with E-state index in [2.05, 4.69) is 45.7 Å². The maximum atomic E-state index is 2.57. The van der Waals surface area contributed by atoms with E-state index in [4.69, 9.17) is 0 Å². The molecule has 4 aliphatic rings. The van der Waals surface area contributed by atoms with Gasteiger partial charge < -0.3 is 4.81 Å². The van der Waals surface area contributed by atoms with Crippen LogP contribution in [0.5, 0.6) is 0 Å². The van der Waals surface area contributed by atoms with Crippen LogP contribution in [0, 0.1) is 17.3 Å². The second kappa shape index (κ2) is 3.51. The van der Waals surface area contributed by atoms with E-state index in [-0.39, 0.29) is 0 Å². The van der Waals surface area contributed by atoms with Crippen LogP contribution < -0.4 is 0 Å². The number of rotatable bonds is 1. The fourth-order valence-electron chi connectivity index (χ4n) is 4.14. The summed E-state index contributed by atoms with van der Waals surface area (Å²) in [4.78, 5) is 2.37. The third-order valence-corrected chi connectivity index (χ3v) is 5.71. The molecule has 1 heterocycles. The van der Waals surface area contributed by atoms with Gasteiger partial charge in [-0.15, -0.1) is 0 Å². The van der Waals surface area contributed by atoms with Gasteiger partial charge in [0.1, 0.15) is 0 Å². The summed E-state index contributed by atoms with van der Waals surface area (Å²) < 4.78 is 0. The molecule has 2 atom stereocenters. The summed E-state index contributed by atoms with van der Waals surface area (Å²) >= 11 is 0. The van der Waals surface area contributed by atoms with Crippen LogP contribution in [0.4, 0.5) is 0 Å². The van der Waals surface area contributed by atoms with Crippen LogP contribution in [0.25, 0.3) is 0 Å². The van der Waals surface area contributed by atoms with Crippen LogP contribution in [0.1, 0.15) is 33.6 Å². The maximum Gasteiger partial charge on any atom is 0.254 e. The Morgan fingerprint density at radius 1 is 1.35 bits per heavy atom. The molecule has 17 heavy (non-hydrogen) atoms. The first-order valence-electron chi connectivity index (χ1n) is 6.98. The second-order valence-corrected chi connectivity index (χ2v) is 7.13. The Morgan fingerprint density at radius 3 is 2.65 bits per heavy atom. The first-order chi connectivity index (χ1) is 7.91. The lowest BCUT2D eigenvalue weighted by atomic mass is 9.41. The van der Waals surface area contributed by atoms with Crippen molar-refractivity contribution < 1.29 is 0 Å². The average Bonchev–Trinajstić information content (AvgIpc) is 2.27. The van der Waals surface area contributed by atoms with Crippen LogP contribution in [0.3, 0.4) is 0 Å². The number of allylic oxidation sites excluding steroid dienone is 3. The minimum absolute atomic E-state index is 0.559. The lowest BCUT2D eigenvalue weighted by molar-refractivity contribution is -0.0116. The predicted molar refractivity (Wildman–Crippen MR) is 75.0 cm³/mol. The van der Waals surface area contributed by atoms with Crippen molar-refractivity contribution in [2.75, 3.05) is 14.1 Å². The van der Waals surface area contributed by atoms with E-state index >= 15 is 0 Å². The molecule has 3 saturated carbocycles. The van der Waals surface area contributed by atoms with Crippen molar-refractivity contribution in [2.45, 2.75) is 39.9 Å². The highest BCUT2D eigenvalue weighted by atomic mass is 15.0. The van der Waals surface area contributed by atoms with Crippen molar-refractivity contribution >= 4 is 6.85 Å². The molecule has 1 nitrogen and oxygen atoms in total. The van der Waals surface area contributed by atoms with Gasteiger partial charge in [-0.1, -0.05) is 31.0 Å². The highest BCUT2D eigenvalue weighted by Gasteiger charge is 2.54. The van der Waals surface area contributed by atoms with Crippen LogP contribution in [-0.4, -0.2) is 25.8 Å². The van der Waals surface area contributed by atoms with Gasteiger partial charge in [-0.2, -0.15) is 0 Å². The standard InChI is InChI=1S/C15H24BN/c1-10-8-16(17(4)5)9-13-12(10)6-11-7-14(13)15(11,2)3/h9,11,14H,6-8H2,1-5H3/t11-,14-/m0/s1. The summed E-state index contributed by atoms with van der Waals surface area (Å²) in [5.41, 5.74) is 5.65. The topological polar surface area (TPSA) is 3.24 Å². The summed E-state index contributed by atoms with van der Waals surface area (Å²) in [5.74, 6) is 4.36. The molecule has 0 unspecified atom stereocenters. The van der Waals surface area contributed by atoms with Gasteiger partial charge in [0.25, 0.3) is 6.85 Å². The molecule has 0 radical (unpaired) electrons. The van der Waals surface area contributed by atoms with E-state index in [1.165, 1.54) is 19.2 Å². The summed E-state index contributed by atoms with van der Waals surface area (Å²) in [6.07, 6.45) is 4.03. The first kappa shape index (κ1) is 11.6. The van der Waals surface area contributed by atoms with E-state index in [1.807, 2.05) is 0 Å². The molecule has 2 heteroatoms. The van der Waals surface area contributed by atoms with Crippen molar-refractivity contribution in [3.8, 4) is 0 Å². The molecule has 0 aromatic rings. The van der Waals surface area contributed by atoms with Crippen LogP contribution in [-0.2, 0) is 0 Å². The molecule has 2 bridgehead atoms. The van der Waals surface area contributed by atoms with Crippen LogP contribution in [0.15, 0.2) is 22.7 Å². The Kier molecular flexibility index (Phi) is 2.39. The molecule has 4 rings (SSSR count). The molecule has 1 aliphatic heterocycles. The van der Waals surface area contributed by atoms with Gasteiger partial charge in [0.05, 0.1) is 0 Å². The molecule has 0 aromatic heterocycles. The molecule has 92 valence electrons. The van der Waals surface area contributed by atoms with E-state index in [0.29, 0.717) is 12.3 Å². The summed E-state index contributed by atoms with van der Waals surface area (Å²) in [6, 6.07) is 0. The van der Waals surface area contributed by atoms with Gasteiger partial charge in [-0.25, -0.2) is 0 Å². The Labute approximate surface area is 106 Å². The molecule has 0 spiro atoms. The van der Waals surface area contributed by atoms with Crippen molar-refractivity contribution in [1.29, 1.82) is 0 Å². The Bertz CT molecular complexity index is 417. The minimum atomic E-state index is 0.559. The number of hydrogen-bond donors (Lipinski definition) is 0. The Hall–Kier alpha value is -0.495. The van der Waals surface area contributed by atoms with Crippen molar-refractivity contribution in [3.63, 3.8) is 0 Å². The van der Waals surface area contributed by atoms with Gasteiger partial charge in [-0.05, 0) is 63.0 Å². The largest absolute Gasteiger partial charge is 0.344 e. The first-order valence-corrected chi connectivity index (χ1v) is 6.98. The van der Waals surface area contributed by atoms with Crippen molar-refractivity contribution in [3.05, 3.63) is 22.7 Å². The zero-order valence-electron chi connectivity index (χ0n) is 11.9. The lowest BCUT2D eigenvalue weighted by Gasteiger charge is -2.59. The Morgan fingerprint density at radius 2 is 2.06 bits per heavy atom. The Balaban J connectivity index is 1.98. The van der Waals surface area contributed by atoms with Crippen molar-refractivity contribution in [2.24, 2.45) is 17.3 Å². The summed E-state index contributed by atoms with van der Waals surface area (Å²) in [7, 11) is 4.41. The number of nitrogens with zero attached hydrogens (tertiary/aromatic N) is 1. The fourth-order valence-corrected chi connectivity index (χ4v) is 4.14. The number of hydrogen-bond acceptors (Lipinski definition) is 1. The summed E-state index contributed by atoms with van der Waals surface area (Å²) in [5, 5.41) is 0. The zero-order valence-corrected chi connectivity index (χ0v) is 11.9. The van der Waals surface area contributed by atoms with E-state index in [9.17, 15) is 0 Å². The molecule has 3 fully saturated rings. The van der Waals surface area contributed by atoms with Gasteiger partial charge in [0.2, 0.25) is 0 Å². The van der Waals surface area contributed by atoms with Crippen LogP contribution in [0.2, 0.25) is 6.32 Å². The van der Waals surface area contributed by atoms with E-state index in [1.54, 1.807) is 16.7 Å². The van der Waals surface area contributed by atoms with Gasteiger partial charge in [0, 0.05) is 0 Å². The molecular formula is C15H24BN. The average molecular weight is 229 g/mol. The highest BCUT2D eigenvalue weighted by Crippen LogP contribution is 2.63. The summed E-state index contributed by atoms with van der Waals surface area (Å²) in [6.45, 7) is 7.92. The molecule has 0 amide bonds. The maximum absolute atomic E-state index is 2.57. The normalized spacial score (nSPS) is 34.5. The highest BCUT2D eigenvalue weighted by molar-refractivity contribution is 6.62.